The van der Waals surface area contributed by atoms with Crippen molar-refractivity contribution >= 4 is 38.1 Å². The summed E-state index contributed by atoms with van der Waals surface area (Å²) < 4.78 is 16.5. The second-order valence-corrected chi connectivity index (χ2v) is 4.44. The number of halogens is 2. The lowest BCUT2D eigenvalue weighted by Gasteiger charge is -2.13. The van der Waals surface area contributed by atoms with Gasteiger partial charge in [-0.3, -0.25) is 4.79 Å². The van der Waals surface area contributed by atoms with Crippen molar-refractivity contribution in [2.75, 3.05) is 21.0 Å². The molecule has 6 heteroatoms. The predicted molar refractivity (Wildman–Crippen MR) is 66.3 cm³/mol. The molecule has 0 aliphatic rings. The van der Waals surface area contributed by atoms with E-state index in [1.165, 1.54) is 14.2 Å². The zero-order valence-electron chi connectivity index (χ0n) is 8.75. The maximum atomic E-state index is 10.9. The Morgan fingerprint density at radius 1 is 1.31 bits per heavy atom. The molecule has 0 spiro atoms. The van der Waals surface area contributed by atoms with Gasteiger partial charge in [-0.1, -0.05) is 0 Å². The Morgan fingerprint density at radius 3 is 2.50 bits per heavy atom. The smallest absolute Gasteiger partial charge is 0.188 e. The molecule has 0 atom stereocenters. The summed E-state index contributed by atoms with van der Waals surface area (Å²) >= 11 is 6.62. The molecule has 0 radical (unpaired) electrons. The van der Waals surface area contributed by atoms with Crippen LogP contribution in [-0.2, 0) is 4.74 Å². The van der Waals surface area contributed by atoms with Gasteiger partial charge in [0, 0.05) is 7.11 Å². The van der Waals surface area contributed by atoms with Gasteiger partial charge in [0.15, 0.2) is 24.6 Å². The third-order valence-electron chi connectivity index (χ3n) is 1.81. The standard InChI is InChI=1S/C10H10Br2O4/c1-14-5-16-9-6(4-13)3-7(11)10(15-2)8(9)12/h3-4H,5H2,1-2H3. The molecular formula is C10H10Br2O4. The molecule has 0 heterocycles. The van der Waals surface area contributed by atoms with E-state index in [0.29, 0.717) is 32.3 Å². The highest BCUT2D eigenvalue weighted by molar-refractivity contribution is 9.11. The molecule has 16 heavy (non-hydrogen) atoms. The van der Waals surface area contributed by atoms with Gasteiger partial charge in [-0.05, 0) is 37.9 Å². The summed E-state index contributed by atoms with van der Waals surface area (Å²) in [5.74, 6) is 0.966. The van der Waals surface area contributed by atoms with E-state index < -0.39 is 0 Å². The summed E-state index contributed by atoms with van der Waals surface area (Å²) in [6.07, 6.45) is 0.708. The van der Waals surface area contributed by atoms with Crippen LogP contribution < -0.4 is 9.47 Å². The van der Waals surface area contributed by atoms with Crippen molar-refractivity contribution in [3.63, 3.8) is 0 Å². The number of ether oxygens (including phenoxy) is 3. The molecule has 0 saturated carbocycles. The number of benzene rings is 1. The van der Waals surface area contributed by atoms with Gasteiger partial charge in [-0.15, -0.1) is 0 Å². The maximum Gasteiger partial charge on any atom is 0.188 e. The van der Waals surface area contributed by atoms with Crippen LogP contribution >= 0.6 is 31.9 Å². The van der Waals surface area contributed by atoms with E-state index in [1.807, 2.05) is 0 Å². The van der Waals surface area contributed by atoms with Crippen LogP contribution in [0, 0.1) is 0 Å². The molecule has 88 valence electrons. The lowest BCUT2D eigenvalue weighted by atomic mass is 10.2. The summed E-state index contributed by atoms with van der Waals surface area (Å²) in [5.41, 5.74) is 0.414. The Bertz CT molecular complexity index is 393. The lowest BCUT2D eigenvalue weighted by Crippen LogP contribution is -2.03. The predicted octanol–water partition coefficient (Wildman–Crippen LogP) is 3.02. The third kappa shape index (κ3) is 2.75. The van der Waals surface area contributed by atoms with Crippen LogP contribution in [0.1, 0.15) is 10.4 Å². The summed E-state index contributed by atoms with van der Waals surface area (Å²) in [6.45, 7) is 0.0597. The second kappa shape index (κ2) is 6.22. The lowest BCUT2D eigenvalue weighted by molar-refractivity contribution is 0.0498. The molecule has 0 aliphatic heterocycles. The number of methoxy groups -OCH3 is 2. The van der Waals surface area contributed by atoms with Gasteiger partial charge < -0.3 is 14.2 Å². The van der Waals surface area contributed by atoms with Crippen LogP contribution in [0.4, 0.5) is 0 Å². The first-order valence-corrected chi connectivity index (χ1v) is 5.87. The van der Waals surface area contributed by atoms with E-state index in [4.69, 9.17) is 14.2 Å². The van der Waals surface area contributed by atoms with Crippen molar-refractivity contribution in [3.8, 4) is 11.5 Å². The zero-order chi connectivity index (χ0) is 12.1. The Labute approximate surface area is 110 Å². The Hall–Kier alpha value is -0.590. The van der Waals surface area contributed by atoms with E-state index in [2.05, 4.69) is 31.9 Å². The van der Waals surface area contributed by atoms with Crippen LogP contribution in [0.3, 0.4) is 0 Å². The summed E-state index contributed by atoms with van der Waals surface area (Å²) in [6, 6.07) is 1.63. The molecule has 0 saturated heterocycles. The molecule has 0 unspecified atom stereocenters. The fourth-order valence-electron chi connectivity index (χ4n) is 1.14. The van der Waals surface area contributed by atoms with Crippen molar-refractivity contribution < 1.29 is 19.0 Å². The first kappa shape index (κ1) is 13.5. The van der Waals surface area contributed by atoms with Crippen molar-refractivity contribution in [1.29, 1.82) is 0 Å². The van der Waals surface area contributed by atoms with E-state index in [-0.39, 0.29) is 6.79 Å². The van der Waals surface area contributed by atoms with E-state index >= 15 is 0 Å². The molecule has 0 bridgehead atoms. The van der Waals surface area contributed by atoms with Crippen molar-refractivity contribution in [2.45, 2.75) is 0 Å². The molecule has 0 fully saturated rings. The fraction of sp³-hybridized carbons (Fsp3) is 0.300. The molecule has 0 aliphatic carbocycles. The number of hydrogen-bond donors (Lipinski definition) is 0. The Kier molecular flexibility index (Phi) is 5.24. The SMILES string of the molecule is COCOc1c(C=O)cc(Br)c(OC)c1Br. The zero-order valence-corrected chi connectivity index (χ0v) is 11.9. The molecule has 0 aromatic heterocycles. The van der Waals surface area contributed by atoms with Gasteiger partial charge in [0.05, 0.1) is 17.1 Å². The number of carbonyl (C=O) groups excluding carboxylic acids is 1. The average molecular weight is 354 g/mol. The highest BCUT2D eigenvalue weighted by atomic mass is 79.9. The van der Waals surface area contributed by atoms with Crippen molar-refractivity contribution in [3.05, 3.63) is 20.6 Å². The second-order valence-electron chi connectivity index (χ2n) is 2.79. The first-order chi connectivity index (χ1) is 7.65. The van der Waals surface area contributed by atoms with Crippen molar-refractivity contribution in [1.82, 2.24) is 0 Å². The monoisotopic (exact) mass is 352 g/mol. The number of rotatable bonds is 5. The summed E-state index contributed by atoms with van der Waals surface area (Å²) in [7, 11) is 3.04. The highest BCUT2D eigenvalue weighted by Crippen LogP contribution is 2.42. The van der Waals surface area contributed by atoms with Gasteiger partial charge >= 0.3 is 0 Å². The number of hydrogen-bond acceptors (Lipinski definition) is 4. The van der Waals surface area contributed by atoms with Gasteiger partial charge in [0.1, 0.15) is 4.47 Å². The maximum absolute atomic E-state index is 10.9. The summed E-state index contributed by atoms with van der Waals surface area (Å²) in [4.78, 5) is 10.9. The quantitative estimate of drug-likeness (QED) is 0.603. The Balaban J connectivity index is 3.25. The minimum Gasteiger partial charge on any atom is -0.494 e. The molecule has 0 N–H and O–H groups in total. The van der Waals surface area contributed by atoms with Crippen molar-refractivity contribution in [2.24, 2.45) is 0 Å². The molecule has 1 aromatic carbocycles. The molecular weight excluding hydrogens is 344 g/mol. The van der Waals surface area contributed by atoms with Crippen LogP contribution in [-0.4, -0.2) is 27.3 Å². The highest BCUT2D eigenvalue weighted by Gasteiger charge is 2.16. The minimum atomic E-state index is 0.0597. The van der Waals surface area contributed by atoms with Crippen LogP contribution in [0.5, 0.6) is 11.5 Å². The fourth-order valence-corrected chi connectivity index (χ4v) is 2.73. The van der Waals surface area contributed by atoms with Gasteiger partial charge in [0.2, 0.25) is 0 Å². The van der Waals surface area contributed by atoms with Crippen LogP contribution in [0.15, 0.2) is 15.0 Å². The number of carbonyl (C=O) groups is 1. The third-order valence-corrected chi connectivity index (χ3v) is 3.12. The minimum absolute atomic E-state index is 0.0597. The largest absolute Gasteiger partial charge is 0.494 e. The van der Waals surface area contributed by atoms with E-state index in [0.717, 1.165) is 0 Å². The van der Waals surface area contributed by atoms with E-state index in [9.17, 15) is 4.79 Å². The molecule has 1 aromatic rings. The molecule has 1 rings (SSSR count). The normalized spacial score (nSPS) is 10.0. The average Bonchev–Trinajstić information content (AvgIpc) is 2.28. The summed E-state index contributed by atoms with van der Waals surface area (Å²) in [5, 5.41) is 0. The molecule has 0 amide bonds. The van der Waals surface area contributed by atoms with E-state index in [1.54, 1.807) is 6.07 Å². The van der Waals surface area contributed by atoms with Gasteiger partial charge in [0.25, 0.3) is 0 Å². The first-order valence-electron chi connectivity index (χ1n) is 4.28. The Morgan fingerprint density at radius 2 is 2.00 bits per heavy atom. The van der Waals surface area contributed by atoms with Crippen LogP contribution in [0.2, 0.25) is 0 Å². The van der Waals surface area contributed by atoms with Gasteiger partial charge in [-0.2, -0.15) is 0 Å². The van der Waals surface area contributed by atoms with Gasteiger partial charge in [-0.25, -0.2) is 0 Å². The van der Waals surface area contributed by atoms with Crippen LogP contribution in [0.25, 0.3) is 0 Å². The molecule has 4 nitrogen and oxygen atoms in total. The topological polar surface area (TPSA) is 44.8 Å². The number of aldehydes is 1.